The van der Waals surface area contributed by atoms with Crippen LogP contribution in [0.4, 0.5) is 0 Å². The molecule has 0 bridgehead atoms. The fourth-order valence-electron chi connectivity index (χ4n) is 1.81. The van der Waals surface area contributed by atoms with E-state index in [1.54, 1.807) is 7.11 Å². The minimum absolute atomic E-state index is 0.00475. The van der Waals surface area contributed by atoms with E-state index in [9.17, 15) is 0 Å². The van der Waals surface area contributed by atoms with Crippen molar-refractivity contribution >= 4 is 27.5 Å². The quantitative estimate of drug-likeness (QED) is 0.795. The second-order valence-corrected chi connectivity index (χ2v) is 5.46. The van der Waals surface area contributed by atoms with Gasteiger partial charge >= 0.3 is 0 Å². The average molecular weight is 306 g/mol. The normalized spacial score (nSPS) is 28.6. The smallest absolute Gasteiger partial charge is 0.134 e. The summed E-state index contributed by atoms with van der Waals surface area (Å²) in [7, 11) is 1.67. The molecule has 2 nitrogen and oxygen atoms in total. The van der Waals surface area contributed by atoms with Gasteiger partial charge in [-0.15, -0.1) is 11.6 Å². The lowest BCUT2D eigenvalue weighted by atomic mass is 9.91. The molecule has 1 aromatic carbocycles. The van der Waals surface area contributed by atoms with E-state index in [4.69, 9.17) is 21.1 Å². The van der Waals surface area contributed by atoms with E-state index >= 15 is 0 Å². The highest BCUT2D eigenvalue weighted by Crippen LogP contribution is 2.35. The monoisotopic (exact) mass is 304 g/mol. The van der Waals surface area contributed by atoms with Crippen LogP contribution in [0.25, 0.3) is 0 Å². The number of benzene rings is 1. The maximum absolute atomic E-state index is 6.02. The van der Waals surface area contributed by atoms with Crippen molar-refractivity contribution in [3.63, 3.8) is 0 Å². The maximum Gasteiger partial charge on any atom is 0.134 e. The molecule has 0 N–H and O–H groups in total. The lowest BCUT2D eigenvalue weighted by molar-refractivity contribution is -0.0586. The largest absolute Gasteiger partial charge is 0.486 e. The second kappa shape index (κ2) is 4.94. The van der Waals surface area contributed by atoms with Gasteiger partial charge in [-0.05, 0) is 40.5 Å². The summed E-state index contributed by atoms with van der Waals surface area (Å²) in [5, 5.41) is 0.0687. The molecule has 0 aromatic heterocycles. The lowest BCUT2D eigenvalue weighted by Crippen LogP contribution is -2.52. The van der Waals surface area contributed by atoms with Crippen molar-refractivity contribution in [1.29, 1.82) is 0 Å². The van der Waals surface area contributed by atoms with Crippen molar-refractivity contribution in [2.45, 2.75) is 30.9 Å². The Morgan fingerprint density at radius 3 is 2.75 bits per heavy atom. The number of halogens is 2. The Hall–Kier alpha value is -0.250. The van der Waals surface area contributed by atoms with Gasteiger partial charge in [-0.1, -0.05) is 6.07 Å². The molecule has 1 aliphatic rings. The minimum Gasteiger partial charge on any atom is -0.486 e. The van der Waals surface area contributed by atoms with Crippen molar-refractivity contribution in [1.82, 2.24) is 0 Å². The first-order valence-corrected chi connectivity index (χ1v) is 6.44. The van der Waals surface area contributed by atoms with E-state index in [0.29, 0.717) is 0 Å². The Kier molecular flexibility index (Phi) is 3.77. The van der Waals surface area contributed by atoms with Gasteiger partial charge in [-0.3, -0.25) is 0 Å². The topological polar surface area (TPSA) is 18.5 Å². The Bertz CT molecular complexity index is 383. The zero-order chi connectivity index (χ0) is 11.7. The Morgan fingerprint density at radius 2 is 2.19 bits per heavy atom. The fraction of sp³-hybridized carbons (Fsp3) is 0.500. The summed E-state index contributed by atoms with van der Waals surface area (Å²) >= 11 is 9.51. The average Bonchev–Trinajstić information content (AvgIpc) is 2.21. The first-order valence-electron chi connectivity index (χ1n) is 5.21. The van der Waals surface area contributed by atoms with E-state index in [0.717, 1.165) is 16.6 Å². The van der Waals surface area contributed by atoms with E-state index in [2.05, 4.69) is 15.9 Å². The van der Waals surface area contributed by atoms with Crippen LogP contribution in [0.2, 0.25) is 0 Å². The molecule has 3 unspecified atom stereocenters. The molecular formula is C12H14BrClO2. The predicted octanol–water partition coefficient (Wildman–Crippen LogP) is 3.53. The Morgan fingerprint density at radius 1 is 1.44 bits per heavy atom. The van der Waals surface area contributed by atoms with Crippen molar-refractivity contribution in [3.05, 3.63) is 28.2 Å². The van der Waals surface area contributed by atoms with Crippen LogP contribution in [-0.4, -0.2) is 24.7 Å². The summed E-state index contributed by atoms with van der Waals surface area (Å²) in [5.74, 6) is 0.848. The summed E-state index contributed by atoms with van der Waals surface area (Å²) < 4.78 is 12.1. The van der Waals surface area contributed by atoms with Crippen LogP contribution in [0.3, 0.4) is 0 Å². The summed E-state index contributed by atoms with van der Waals surface area (Å²) in [6.07, 6.45) is 0.891. The standard InChI is InChI=1S/C12H14BrClO2/c1-7-3-4-10(8(13)5-7)16-11-6-9(14)12(11)15-2/h3-5,9,11-12H,6H2,1-2H3. The van der Waals surface area contributed by atoms with Crippen molar-refractivity contribution < 1.29 is 9.47 Å². The van der Waals surface area contributed by atoms with Gasteiger partial charge in [0.25, 0.3) is 0 Å². The number of rotatable bonds is 3. The zero-order valence-corrected chi connectivity index (χ0v) is 11.6. The van der Waals surface area contributed by atoms with Gasteiger partial charge in [0.05, 0.1) is 9.85 Å². The number of aryl methyl sites for hydroxylation is 1. The molecule has 2 rings (SSSR count). The number of ether oxygens (including phenoxy) is 2. The molecule has 4 heteroatoms. The number of hydrogen-bond acceptors (Lipinski definition) is 2. The van der Waals surface area contributed by atoms with E-state index < -0.39 is 0 Å². The summed E-state index contributed by atoms with van der Waals surface area (Å²) in [5.41, 5.74) is 1.20. The van der Waals surface area contributed by atoms with Gasteiger partial charge in [0.2, 0.25) is 0 Å². The molecule has 0 amide bonds. The molecule has 1 fully saturated rings. The van der Waals surface area contributed by atoms with Crippen molar-refractivity contribution in [2.24, 2.45) is 0 Å². The van der Waals surface area contributed by atoms with Gasteiger partial charge in [-0.2, -0.15) is 0 Å². The molecule has 16 heavy (non-hydrogen) atoms. The molecule has 1 aliphatic carbocycles. The Balaban J connectivity index is 2.04. The molecule has 1 aromatic rings. The predicted molar refractivity (Wildman–Crippen MR) is 68.4 cm³/mol. The van der Waals surface area contributed by atoms with Crippen LogP contribution in [-0.2, 0) is 4.74 Å². The third-order valence-corrected chi connectivity index (χ3v) is 3.86. The highest BCUT2D eigenvalue weighted by atomic mass is 79.9. The van der Waals surface area contributed by atoms with Gasteiger partial charge < -0.3 is 9.47 Å². The molecule has 0 radical (unpaired) electrons. The molecule has 3 atom stereocenters. The summed E-state index contributed by atoms with van der Waals surface area (Å²) in [6, 6.07) is 6.03. The van der Waals surface area contributed by atoms with E-state index in [-0.39, 0.29) is 17.6 Å². The van der Waals surface area contributed by atoms with Gasteiger partial charge in [-0.25, -0.2) is 0 Å². The third-order valence-electron chi connectivity index (χ3n) is 2.82. The van der Waals surface area contributed by atoms with Crippen LogP contribution >= 0.6 is 27.5 Å². The summed E-state index contributed by atoms with van der Waals surface area (Å²) in [6.45, 7) is 2.05. The highest BCUT2D eigenvalue weighted by Gasteiger charge is 2.42. The molecule has 88 valence electrons. The summed E-state index contributed by atoms with van der Waals surface area (Å²) in [4.78, 5) is 0. The number of alkyl halides is 1. The first-order chi connectivity index (χ1) is 7.61. The fourth-order valence-corrected chi connectivity index (χ4v) is 2.83. The molecule has 1 saturated carbocycles. The van der Waals surface area contributed by atoms with Gasteiger partial charge in [0.15, 0.2) is 0 Å². The lowest BCUT2D eigenvalue weighted by Gasteiger charge is -2.39. The van der Waals surface area contributed by atoms with Crippen LogP contribution in [0.15, 0.2) is 22.7 Å². The number of methoxy groups -OCH3 is 1. The Labute approximate surface area is 109 Å². The molecule has 0 spiro atoms. The minimum atomic E-state index is -0.00475. The molecule has 0 heterocycles. The van der Waals surface area contributed by atoms with Crippen LogP contribution < -0.4 is 4.74 Å². The first kappa shape index (κ1) is 12.2. The van der Waals surface area contributed by atoms with Gasteiger partial charge in [0, 0.05) is 13.5 Å². The van der Waals surface area contributed by atoms with E-state index in [1.165, 1.54) is 5.56 Å². The van der Waals surface area contributed by atoms with Crippen LogP contribution in [0.5, 0.6) is 5.75 Å². The third kappa shape index (κ3) is 2.36. The number of hydrogen-bond donors (Lipinski definition) is 0. The highest BCUT2D eigenvalue weighted by molar-refractivity contribution is 9.10. The van der Waals surface area contributed by atoms with Crippen molar-refractivity contribution in [3.8, 4) is 5.75 Å². The SMILES string of the molecule is COC1C(Cl)CC1Oc1ccc(C)cc1Br. The second-order valence-electron chi connectivity index (χ2n) is 4.04. The molecule has 0 aliphatic heterocycles. The van der Waals surface area contributed by atoms with Crippen LogP contribution in [0, 0.1) is 6.92 Å². The van der Waals surface area contributed by atoms with E-state index in [1.807, 2.05) is 25.1 Å². The molecule has 0 saturated heterocycles. The van der Waals surface area contributed by atoms with Crippen molar-refractivity contribution in [2.75, 3.05) is 7.11 Å². The van der Waals surface area contributed by atoms with Crippen LogP contribution in [0.1, 0.15) is 12.0 Å². The maximum atomic E-state index is 6.02. The van der Waals surface area contributed by atoms with Gasteiger partial charge in [0.1, 0.15) is 18.0 Å². The molecular weight excluding hydrogens is 291 g/mol. The zero-order valence-electron chi connectivity index (χ0n) is 9.24.